The van der Waals surface area contributed by atoms with Crippen molar-refractivity contribution in [3.05, 3.63) is 12.4 Å². The van der Waals surface area contributed by atoms with Crippen LogP contribution in [-0.2, 0) is 4.79 Å². The monoisotopic (exact) mass is 346 g/mol. The van der Waals surface area contributed by atoms with Crippen LogP contribution in [0.5, 0.6) is 5.88 Å². The van der Waals surface area contributed by atoms with Crippen molar-refractivity contribution in [2.24, 2.45) is 5.92 Å². The largest absolute Gasteiger partial charge is 0.480 e. The first-order chi connectivity index (χ1) is 11.3. The molecule has 0 radical (unpaired) electrons. The van der Waals surface area contributed by atoms with Crippen LogP contribution >= 0.6 is 0 Å². The third-order valence-corrected chi connectivity index (χ3v) is 3.97. The Kier molecular flexibility index (Phi) is 5.84. The number of anilines is 1. The molecular weight excluding hydrogens is 325 g/mol. The Balaban J connectivity index is 2.07. The molecule has 2 rings (SSSR count). The van der Waals surface area contributed by atoms with Crippen LogP contribution in [0, 0.1) is 5.92 Å². The van der Waals surface area contributed by atoms with Gasteiger partial charge in [0, 0.05) is 19.6 Å². The summed E-state index contributed by atoms with van der Waals surface area (Å²) < 4.78 is 42.9. The van der Waals surface area contributed by atoms with E-state index in [0.29, 0.717) is 37.6 Å². The third kappa shape index (κ3) is 4.72. The van der Waals surface area contributed by atoms with E-state index in [4.69, 9.17) is 4.74 Å². The number of nitrogens with zero attached hydrogens (tertiary/aromatic N) is 4. The zero-order valence-electron chi connectivity index (χ0n) is 13.7. The molecule has 0 unspecified atom stereocenters. The molecule has 1 atom stereocenters. The molecule has 1 aromatic heterocycles. The highest BCUT2D eigenvalue weighted by Gasteiger charge is 2.36. The van der Waals surface area contributed by atoms with Crippen LogP contribution in [0.1, 0.15) is 19.8 Å². The fraction of sp³-hybridized carbons (Fsp3) is 0.667. The molecule has 6 nitrogen and oxygen atoms in total. The van der Waals surface area contributed by atoms with Crippen molar-refractivity contribution >= 4 is 11.7 Å². The number of ether oxygens (including phenoxy) is 1. The second kappa shape index (κ2) is 7.67. The maximum absolute atomic E-state index is 12.6. The van der Waals surface area contributed by atoms with Crippen LogP contribution < -0.4 is 9.64 Å². The molecule has 1 saturated heterocycles. The number of amides is 1. The molecule has 1 aliphatic heterocycles. The van der Waals surface area contributed by atoms with Gasteiger partial charge in [-0.25, -0.2) is 0 Å². The van der Waals surface area contributed by atoms with Crippen molar-refractivity contribution in [2.75, 3.05) is 38.2 Å². The number of halogens is 3. The minimum Gasteiger partial charge on any atom is -0.480 e. The molecule has 1 amide bonds. The van der Waals surface area contributed by atoms with Crippen LogP contribution in [0.3, 0.4) is 0 Å². The van der Waals surface area contributed by atoms with Gasteiger partial charge in [0.25, 0.3) is 0 Å². The topological polar surface area (TPSA) is 58.6 Å². The standard InChI is InChI=1S/C15H21F3N4O2/c1-3-21(10-15(16,17)18)14(23)11-5-4-6-22(9-11)12-7-19-8-13(20-12)24-2/h7-8,11H,3-6,9-10H2,1-2H3/t11-/m0/s1. The second-order valence-corrected chi connectivity index (χ2v) is 5.67. The Morgan fingerprint density at radius 3 is 2.83 bits per heavy atom. The number of hydrogen-bond acceptors (Lipinski definition) is 5. The van der Waals surface area contributed by atoms with Crippen LogP contribution in [-0.4, -0.2) is 60.2 Å². The van der Waals surface area contributed by atoms with Gasteiger partial charge < -0.3 is 14.5 Å². The number of piperidine rings is 1. The zero-order chi connectivity index (χ0) is 17.7. The van der Waals surface area contributed by atoms with E-state index in [1.54, 1.807) is 13.1 Å². The Morgan fingerprint density at radius 1 is 1.46 bits per heavy atom. The van der Waals surface area contributed by atoms with Crippen LogP contribution in [0.15, 0.2) is 12.4 Å². The molecule has 1 fully saturated rings. The van der Waals surface area contributed by atoms with Gasteiger partial charge in [0.05, 0.1) is 25.4 Å². The van der Waals surface area contributed by atoms with Gasteiger partial charge in [-0.1, -0.05) is 0 Å². The minimum atomic E-state index is -4.39. The van der Waals surface area contributed by atoms with E-state index in [9.17, 15) is 18.0 Å². The zero-order valence-corrected chi connectivity index (χ0v) is 13.7. The number of carbonyl (C=O) groups excluding carboxylic acids is 1. The highest BCUT2D eigenvalue weighted by molar-refractivity contribution is 5.79. The van der Waals surface area contributed by atoms with Gasteiger partial charge in [0.1, 0.15) is 6.54 Å². The summed E-state index contributed by atoms with van der Waals surface area (Å²) in [4.78, 5) is 23.5. The van der Waals surface area contributed by atoms with E-state index in [-0.39, 0.29) is 6.54 Å². The smallest absolute Gasteiger partial charge is 0.406 e. The molecule has 24 heavy (non-hydrogen) atoms. The number of methoxy groups -OCH3 is 1. The SMILES string of the molecule is CCN(CC(F)(F)F)C(=O)[C@H]1CCCN(c2cncc(OC)n2)C1. The lowest BCUT2D eigenvalue weighted by atomic mass is 9.96. The molecule has 134 valence electrons. The van der Waals surface area contributed by atoms with Crippen LogP contribution in [0.25, 0.3) is 0 Å². The molecule has 2 heterocycles. The highest BCUT2D eigenvalue weighted by atomic mass is 19.4. The fourth-order valence-corrected chi connectivity index (χ4v) is 2.80. The Hall–Kier alpha value is -2.06. The highest BCUT2D eigenvalue weighted by Crippen LogP contribution is 2.25. The van der Waals surface area contributed by atoms with Gasteiger partial charge in [-0.2, -0.15) is 18.2 Å². The lowest BCUT2D eigenvalue weighted by Gasteiger charge is -2.35. The van der Waals surface area contributed by atoms with E-state index in [0.717, 1.165) is 4.90 Å². The van der Waals surface area contributed by atoms with Crippen molar-refractivity contribution in [1.82, 2.24) is 14.9 Å². The molecule has 1 aromatic rings. The molecule has 0 saturated carbocycles. The molecule has 9 heteroatoms. The molecule has 0 spiro atoms. The van der Waals surface area contributed by atoms with Gasteiger partial charge in [0.15, 0.2) is 5.82 Å². The van der Waals surface area contributed by atoms with Crippen molar-refractivity contribution < 1.29 is 22.7 Å². The van der Waals surface area contributed by atoms with Crippen molar-refractivity contribution in [1.29, 1.82) is 0 Å². The quantitative estimate of drug-likeness (QED) is 0.817. The Morgan fingerprint density at radius 2 is 2.21 bits per heavy atom. The number of hydrogen-bond donors (Lipinski definition) is 0. The van der Waals surface area contributed by atoms with Gasteiger partial charge in [0.2, 0.25) is 11.8 Å². The van der Waals surface area contributed by atoms with E-state index in [1.807, 2.05) is 4.90 Å². The summed E-state index contributed by atoms with van der Waals surface area (Å²) in [5.74, 6) is -0.0247. The molecular formula is C15H21F3N4O2. The fourth-order valence-electron chi connectivity index (χ4n) is 2.80. The summed E-state index contributed by atoms with van der Waals surface area (Å²) in [5, 5.41) is 0. The van der Waals surface area contributed by atoms with Gasteiger partial charge >= 0.3 is 6.18 Å². The van der Waals surface area contributed by atoms with Gasteiger partial charge in [-0.3, -0.25) is 9.78 Å². The summed E-state index contributed by atoms with van der Waals surface area (Å²) in [6.45, 7) is 1.38. The summed E-state index contributed by atoms with van der Waals surface area (Å²) in [6.07, 6.45) is -0.0842. The van der Waals surface area contributed by atoms with Gasteiger partial charge in [-0.15, -0.1) is 0 Å². The first-order valence-electron chi connectivity index (χ1n) is 7.80. The summed E-state index contributed by atoms with van der Waals surface area (Å²) in [5.41, 5.74) is 0. The predicted molar refractivity (Wildman–Crippen MR) is 81.8 cm³/mol. The lowest BCUT2D eigenvalue weighted by molar-refractivity contribution is -0.163. The molecule has 0 aliphatic carbocycles. The summed E-state index contributed by atoms with van der Waals surface area (Å²) in [7, 11) is 1.48. The first kappa shape index (κ1) is 18.3. The molecule has 0 aromatic carbocycles. The number of aromatic nitrogens is 2. The van der Waals surface area contributed by atoms with Crippen LogP contribution in [0.2, 0.25) is 0 Å². The number of rotatable bonds is 5. The van der Waals surface area contributed by atoms with Crippen molar-refractivity contribution in [3.8, 4) is 5.88 Å². The second-order valence-electron chi connectivity index (χ2n) is 5.67. The molecule has 1 aliphatic rings. The minimum absolute atomic E-state index is 0.0355. The van der Waals surface area contributed by atoms with Gasteiger partial charge in [-0.05, 0) is 19.8 Å². The molecule has 0 bridgehead atoms. The van der Waals surface area contributed by atoms with Crippen LogP contribution in [0.4, 0.5) is 19.0 Å². The Bertz CT molecular complexity index is 568. The third-order valence-electron chi connectivity index (χ3n) is 3.97. The summed E-state index contributed by atoms with van der Waals surface area (Å²) >= 11 is 0. The summed E-state index contributed by atoms with van der Waals surface area (Å²) in [6, 6.07) is 0. The molecule has 0 N–H and O–H groups in total. The average molecular weight is 346 g/mol. The lowest BCUT2D eigenvalue weighted by Crippen LogP contribution is -2.47. The predicted octanol–water partition coefficient (Wildman–Crippen LogP) is 2.11. The van der Waals surface area contributed by atoms with E-state index in [1.165, 1.54) is 13.3 Å². The normalized spacial score (nSPS) is 18.4. The van der Waals surface area contributed by atoms with Crippen molar-refractivity contribution in [2.45, 2.75) is 25.9 Å². The maximum Gasteiger partial charge on any atom is 0.406 e. The first-order valence-corrected chi connectivity index (χ1v) is 7.80. The van der Waals surface area contributed by atoms with Crippen molar-refractivity contribution in [3.63, 3.8) is 0 Å². The average Bonchev–Trinajstić information content (AvgIpc) is 2.58. The number of carbonyl (C=O) groups is 1. The number of alkyl halides is 3. The van der Waals surface area contributed by atoms with E-state index >= 15 is 0 Å². The maximum atomic E-state index is 12.6. The van der Waals surface area contributed by atoms with E-state index in [2.05, 4.69) is 9.97 Å². The van der Waals surface area contributed by atoms with E-state index < -0.39 is 24.5 Å². The Labute approximate surface area is 138 Å².